The van der Waals surface area contributed by atoms with E-state index in [0.717, 1.165) is 0 Å². The molecular weight excluding hydrogens is 292 g/mol. The predicted molar refractivity (Wildman–Crippen MR) is 93.4 cm³/mol. The van der Waals surface area contributed by atoms with Crippen LogP contribution in [0.5, 0.6) is 0 Å². The molecule has 2 aromatic rings. The molecule has 7 rings (SSSR count). The van der Waals surface area contributed by atoms with Crippen LogP contribution >= 0.6 is 0 Å². The molecule has 0 aromatic heterocycles. The largest absolute Gasteiger partial charge is 0.181 e. The van der Waals surface area contributed by atoms with Crippen molar-refractivity contribution in [1.29, 1.82) is 0 Å². The Kier molecular flexibility index (Phi) is 2.22. The van der Waals surface area contributed by atoms with Crippen LogP contribution in [0.4, 0.5) is 0 Å². The molecule has 5 aliphatic rings. The van der Waals surface area contributed by atoms with Crippen LogP contribution in [-0.2, 0) is 11.1 Å². The van der Waals surface area contributed by atoms with Crippen LogP contribution in [0.3, 0.4) is 0 Å². The highest BCUT2D eigenvalue weighted by Crippen LogP contribution is 2.85. The van der Waals surface area contributed by atoms with Gasteiger partial charge in [-0.15, -0.1) is 0 Å². The summed E-state index contributed by atoms with van der Waals surface area (Å²) in [5, 5.41) is 10.2. The van der Waals surface area contributed by atoms with Crippen molar-refractivity contribution in [2.75, 3.05) is 0 Å². The molecule has 3 fully saturated rings. The molecule has 120 valence electrons. The Morgan fingerprint density at radius 3 is 1.25 bits per heavy atom. The Hall–Kier alpha value is -1.96. The fourth-order valence-electron chi connectivity index (χ4n) is 6.80. The zero-order chi connectivity index (χ0) is 16.1. The van der Waals surface area contributed by atoms with Crippen molar-refractivity contribution in [2.45, 2.75) is 24.9 Å². The number of hydrogen-bond acceptors (Lipinski definition) is 2. The Morgan fingerprint density at radius 2 is 0.917 bits per heavy atom. The summed E-state index contributed by atoms with van der Waals surface area (Å²) in [6, 6.07) is 22.0. The van der Waals surface area contributed by atoms with Crippen molar-refractivity contribution < 1.29 is 0 Å². The molecule has 2 aromatic carbocycles. The van der Waals surface area contributed by atoms with Gasteiger partial charge in [0.25, 0.3) is 0 Å². The minimum Gasteiger partial charge on any atom is -0.181 e. The minimum atomic E-state index is -0.0496. The first kappa shape index (κ1) is 13.3. The van der Waals surface area contributed by atoms with Gasteiger partial charge in [-0.3, -0.25) is 0 Å². The Labute approximate surface area is 143 Å². The highest BCUT2D eigenvalue weighted by atomic mass is 15.3. The summed E-state index contributed by atoms with van der Waals surface area (Å²) in [7, 11) is 0. The molecule has 0 saturated heterocycles. The normalized spacial score (nSPS) is 49.4. The van der Waals surface area contributed by atoms with Crippen molar-refractivity contribution in [2.24, 2.45) is 45.7 Å². The third-order valence-electron chi connectivity index (χ3n) is 7.64. The molecule has 4 unspecified atom stereocenters. The summed E-state index contributed by atoms with van der Waals surface area (Å²) >= 11 is 0. The van der Waals surface area contributed by atoms with Crippen LogP contribution in [0.1, 0.15) is 25.0 Å². The molecule has 8 atom stereocenters. The molecule has 2 bridgehead atoms. The van der Waals surface area contributed by atoms with E-state index in [9.17, 15) is 0 Å². The van der Waals surface area contributed by atoms with E-state index in [2.05, 4.69) is 74.5 Å². The zero-order valence-electron chi connectivity index (χ0n) is 14.1. The molecule has 0 N–H and O–H groups in total. The molecule has 3 saturated carbocycles. The lowest BCUT2D eigenvalue weighted by Crippen LogP contribution is -2.47. The van der Waals surface area contributed by atoms with Crippen molar-refractivity contribution in [3.05, 3.63) is 71.8 Å². The van der Waals surface area contributed by atoms with Crippen molar-refractivity contribution >= 4 is 0 Å². The van der Waals surface area contributed by atoms with E-state index in [1.54, 1.807) is 0 Å². The van der Waals surface area contributed by atoms with E-state index >= 15 is 0 Å². The van der Waals surface area contributed by atoms with E-state index in [1.165, 1.54) is 11.1 Å². The van der Waals surface area contributed by atoms with Gasteiger partial charge in [-0.25, -0.2) is 0 Å². The monoisotopic (exact) mass is 314 g/mol. The van der Waals surface area contributed by atoms with Gasteiger partial charge in [-0.1, -0.05) is 74.5 Å². The fourth-order valence-corrected chi connectivity index (χ4v) is 6.80. The number of benzene rings is 2. The summed E-state index contributed by atoms with van der Waals surface area (Å²) in [5.74, 6) is 4.04. The topological polar surface area (TPSA) is 24.7 Å². The van der Waals surface area contributed by atoms with Gasteiger partial charge < -0.3 is 0 Å². The highest BCUT2D eigenvalue weighted by molar-refractivity contribution is 5.47. The number of hydrogen-bond donors (Lipinski definition) is 0. The summed E-state index contributed by atoms with van der Waals surface area (Å²) in [6.45, 7) is 4.85. The highest BCUT2D eigenvalue weighted by Gasteiger charge is 2.86. The SMILES string of the molecule is CC1[C@@H]2[C@H]1C1(c3ccccc3)N=NC2(c2ccccc2)[C@H]2C(C)[C@H]21. The van der Waals surface area contributed by atoms with Gasteiger partial charge in [0.1, 0.15) is 11.1 Å². The summed E-state index contributed by atoms with van der Waals surface area (Å²) < 4.78 is 0. The third-order valence-corrected chi connectivity index (χ3v) is 7.64. The van der Waals surface area contributed by atoms with Crippen LogP contribution in [0, 0.1) is 35.5 Å². The van der Waals surface area contributed by atoms with Crippen LogP contribution < -0.4 is 0 Å². The average Bonchev–Trinajstić information content (AvgIpc) is 3.55. The Morgan fingerprint density at radius 1 is 0.583 bits per heavy atom. The number of azo groups is 1. The summed E-state index contributed by atoms with van der Waals surface area (Å²) in [4.78, 5) is 0. The molecule has 0 amide bonds. The van der Waals surface area contributed by atoms with E-state index in [1.807, 2.05) is 0 Å². The first-order chi connectivity index (χ1) is 11.7. The Bertz CT molecular complexity index is 749. The molecule has 3 aliphatic carbocycles. The molecule has 2 aliphatic heterocycles. The molecular formula is C22H22N2. The second kappa shape index (κ2) is 3.99. The molecule has 2 heterocycles. The van der Waals surface area contributed by atoms with E-state index in [-0.39, 0.29) is 11.1 Å². The van der Waals surface area contributed by atoms with Gasteiger partial charge in [0.2, 0.25) is 0 Å². The molecule has 0 radical (unpaired) electrons. The van der Waals surface area contributed by atoms with Crippen LogP contribution in [-0.4, -0.2) is 0 Å². The first-order valence-electron chi connectivity index (χ1n) is 9.28. The fraction of sp³-hybridized carbons (Fsp3) is 0.455. The van der Waals surface area contributed by atoms with Crippen LogP contribution in [0.25, 0.3) is 0 Å². The lowest BCUT2D eigenvalue weighted by molar-refractivity contribution is 0.110. The third kappa shape index (κ3) is 1.22. The van der Waals surface area contributed by atoms with Gasteiger partial charge in [0.05, 0.1) is 0 Å². The van der Waals surface area contributed by atoms with Crippen molar-refractivity contribution in [1.82, 2.24) is 0 Å². The zero-order valence-corrected chi connectivity index (χ0v) is 14.1. The van der Waals surface area contributed by atoms with Gasteiger partial charge in [0, 0.05) is 0 Å². The first-order valence-corrected chi connectivity index (χ1v) is 9.28. The molecule has 0 spiro atoms. The summed E-state index contributed by atoms with van der Waals surface area (Å²) in [6.07, 6.45) is 0. The van der Waals surface area contributed by atoms with Gasteiger partial charge >= 0.3 is 0 Å². The molecule has 24 heavy (non-hydrogen) atoms. The number of nitrogens with zero attached hydrogens (tertiary/aromatic N) is 2. The second-order valence-corrected chi connectivity index (χ2v) is 8.40. The lowest BCUT2D eigenvalue weighted by Gasteiger charge is -2.46. The van der Waals surface area contributed by atoms with Crippen molar-refractivity contribution in [3.63, 3.8) is 0 Å². The minimum absolute atomic E-state index is 0.0496. The van der Waals surface area contributed by atoms with Gasteiger partial charge in [-0.2, -0.15) is 10.2 Å². The standard InChI is InChI=1S/C22H22N2/c1-13-17-18(13)22(16-11-7-4-8-12-16)20-14(2)19(20)21(17,23-24-22)15-9-5-3-6-10-15/h3-14,17-20H,1-2H3/t13?,14?,17-,18+,19+,20-,21?,22?. The predicted octanol–water partition coefficient (Wildman–Crippen LogP) is 5.02. The summed E-state index contributed by atoms with van der Waals surface area (Å²) in [5.41, 5.74) is 2.69. The van der Waals surface area contributed by atoms with E-state index in [0.29, 0.717) is 35.5 Å². The maximum atomic E-state index is 5.12. The van der Waals surface area contributed by atoms with Crippen LogP contribution in [0.2, 0.25) is 0 Å². The van der Waals surface area contributed by atoms with E-state index in [4.69, 9.17) is 10.2 Å². The van der Waals surface area contributed by atoms with E-state index < -0.39 is 0 Å². The molecule has 2 heteroatoms. The second-order valence-electron chi connectivity index (χ2n) is 8.40. The average molecular weight is 314 g/mol. The lowest BCUT2D eigenvalue weighted by atomic mass is 9.66. The van der Waals surface area contributed by atoms with Gasteiger partial charge in [-0.05, 0) is 46.6 Å². The maximum absolute atomic E-state index is 5.12. The number of rotatable bonds is 2. The Balaban J connectivity index is 1.60. The molecule has 2 nitrogen and oxygen atoms in total. The smallest absolute Gasteiger partial charge is 0.113 e. The van der Waals surface area contributed by atoms with Crippen molar-refractivity contribution in [3.8, 4) is 0 Å². The maximum Gasteiger partial charge on any atom is 0.113 e. The van der Waals surface area contributed by atoms with Crippen LogP contribution in [0.15, 0.2) is 70.9 Å². The quantitative estimate of drug-likeness (QED) is 0.743. The van der Waals surface area contributed by atoms with Gasteiger partial charge in [0.15, 0.2) is 0 Å².